The van der Waals surface area contributed by atoms with Crippen molar-refractivity contribution in [3.63, 3.8) is 0 Å². The van der Waals surface area contributed by atoms with Gasteiger partial charge in [-0.25, -0.2) is 15.0 Å². The molecule has 0 saturated carbocycles. The molecule has 0 unspecified atom stereocenters. The monoisotopic (exact) mass is 430 g/mol. The lowest BCUT2D eigenvalue weighted by Gasteiger charge is -2.31. The average Bonchev–Trinajstić information content (AvgIpc) is 3.47. The Kier molecular flexibility index (Phi) is 3.71. The van der Waals surface area contributed by atoms with E-state index in [1.807, 2.05) is 12.1 Å². The van der Waals surface area contributed by atoms with Crippen molar-refractivity contribution in [2.75, 3.05) is 9.80 Å². The normalized spacial score (nSPS) is 16.2. The molecule has 0 bridgehead atoms. The third kappa shape index (κ3) is 2.46. The van der Waals surface area contributed by atoms with Gasteiger partial charge in [0.15, 0.2) is 11.6 Å². The number of anilines is 4. The van der Waals surface area contributed by atoms with Crippen LogP contribution in [0.5, 0.6) is 0 Å². The first-order chi connectivity index (χ1) is 16.2. The molecule has 0 saturated heterocycles. The van der Waals surface area contributed by atoms with Crippen molar-refractivity contribution >= 4 is 34.0 Å². The molecule has 0 aliphatic carbocycles. The van der Waals surface area contributed by atoms with Gasteiger partial charge in [-0.3, -0.25) is 4.57 Å². The molecule has 2 aliphatic heterocycles. The second-order valence-electron chi connectivity index (χ2n) is 8.67. The van der Waals surface area contributed by atoms with Crippen LogP contribution in [0.1, 0.15) is 23.9 Å². The lowest BCUT2D eigenvalue weighted by molar-refractivity contribution is 0.750. The molecule has 0 spiro atoms. The lowest BCUT2D eigenvalue weighted by Crippen LogP contribution is -2.36. The predicted octanol–water partition coefficient (Wildman–Crippen LogP) is 5.66. The molecular weight excluding hydrogens is 408 g/mol. The zero-order valence-corrected chi connectivity index (χ0v) is 18.5. The van der Waals surface area contributed by atoms with Crippen molar-refractivity contribution in [1.82, 2.24) is 19.5 Å². The number of aryl methyl sites for hydroxylation is 1. The van der Waals surface area contributed by atoms with Crippen LogP contribution in [-0.2, 0) is 6.42 Å². The summed E-state index contributed by atoms with van der Waals surface area (Å²) < 4.78 is 2.31. The highest BCUT2D eigenvalue weighted by Crippen LogP contribution is 2.49. The van der Waals surface area contributed by atoms with Gasteiger partial charge in [-0.1, -0.05) is 36.4 Å². The first-order valence-corrected chi connectivity index (χ1v) is 11.3. The van der Waals surface area contributed by atoms with E-state index in [1.54, 1.807) is 12.4 Å². The molecule has 0 radical (unpaired) electrons. The van der Waals surface area contributed by atoms with Crippen LogP contribution < -0.4 is 9.80 Å². The maximum atomic E-state index is 4.94. The van der Waals surface area contributed by atoms with Gasteiger partial charge in [-0.2, -0.15) is 0 Å². The molecule has 6 nitrogen and oxygen atoms in total. The molecular formula is C27H22N6. The van der Waals surface area contributed by atoms with E-state index in [9.17, 15) is 0 Å². The van der Waals surface area contributed by atoms with E-state index >= 15 is 0 Å². The second kappa shape index (κ2) is 6.65. The molecule has 4 heterocycles. The molecule has 0 fully saturated rings. The zero-order chi connectivity index (χ0) is 22.1. The average molecular weight is 431 g/mol. The second-order valence-corrected chi connectivity index (χ2v) is 8.67. The number of fused-ring (bicyclic) bond motifs is 6. The van der Waals surface area contributed by atoms with Crippen molar-refractivity contribution in [2.45, 2.75) is 26.4 Å². The smallest absolute Gasteiger partial charge is 0.178 e. The Hall–Kier alpha value is -4.19. The van der Waals surface area contributed by atoms with Crippen molar-refractivity contribution in [3.8, 4) is 5.69 Å². The molecule has 7 rings (SSSR count). The van der Waals surface area contributed by atoms with Gasteiger partial charge in [0.05, 0.1) is 22.4 Å². The molecule has 2 aliphatic rings. The molecule has 1 atom stereocenters. The van der Waals surface area contributed by atoms with Crippen molar-refractivity contribution in [2.24, 2.45) is 0 Å². The number of nitrogens with zero attached hydrogens (tertiary/aromatic N) is 6. The van der Waals surface area contributed by atoms with Gasteiger partial charge in [-0.05, 0) is 49.7 Å². The SMILES string of the molecule is Cc1ccc2c(c1N1c3nccnc3N(c3ccccc3)[C@@H]1C)Cc1nc3ccccc3n1-2. The van der Waals surface area contributed by atoms with Crippen molar-refractivity contribution in [1.29, 1.82) is 0 Å². The zero-order valence-electron chi connectivity index (χ0n) is 18.5. The van der Waals surface area contributed by atoms with Crippen LogP contribution in [0.4, 0.5) is 23.0 Å². The summed E-state index contributed by atoms with van der Waals surface area (Å²) in [5, 5.41) is 0. The number of rotatable bonds is 2. The van der Waals surface area contributed by atoms with Gasteiger partial charge in [0.25, 0.3) is 0 Å². The number of hydrogen-bond donors (Lipinski definition) is 0. The number of benzene rings is 3. The van der Waals surface area contributed by atoms with Crippen LogP contribution in [0.3, 0.4) is 0 Å². The number of para-hydroxylation sites is 3. The minimum absolute atomic E-state index is 0.0275. The number of hydrogen-bond acceptors (Lipinski definition) is 5. The fourth-order valence-electron chi connectivity index (χ4n) is 5.44. The first kappa shape index (κ1) is 18.4. The van der Waals surface area contributed by atoms with E-state index in [1.165, 1.54) is 22.5 Å². The van der Waals surface area contributed by atoms with E-state index in [0.29, 0.717) is 0 Å². The fourth-order valence-corrected chi connectivity index (χ4v) is 5.44. The molecule has 0 N–H and O–H groups in total. The molecule has 33 heavy (non-hydrogen) atoms. The third-order valence-electron chi connectivity index (χ3n) is 6.81. The Labute approximate surface area is 191 Å². The third-order valence-corrected chi connectivity index (χ3v) is 6.81. The van der Waals surface area contributed by atoms with Gasteiger partial charge < -0.3 is 9.80 Å². The molecule has 2 aromatic heterocycles. The minimum Gasteiger partial charge on any atom is -0.302 e. The fraction of sp³-hybridized carbons (Fsp3) is 0.148. The Bertz CT molecular complexity index is 1540. The minimum atomic E-state index is 0.0275. The molecule has 5 aromatic rings. The van der Waals surface area contributed by atoms with E-state index in [2.05, 4.69) is 82.8 Å². The summed E-state index contributed by atoms with van der Waals surface area (Å²) in [7, 11) is 0. The van der Waals surface area contributed by atoms with E-state index in [-0.39, 0.29) is 6.17 Å². The van der Waals surface area contributed by atoms with Crippen molar-refractivity contribution in [3.05, 3.63) is 96.1 Å². The van der Waals surface area contributed by atoms with Gasteiger partial charge in [-0.15, -0.1) is 0 Å². The van der Waals surface area contributed by atoms with Gasteiger partial charge in [0.2, 0.25) is 0 Å². The largest absolute Gasteiger partial charge is 0.302 e. The van der Waals surface area contributed by atoms with Crippen LogP contribution in [0, 0.1) is 6.92 Å². The summed E-state index contributed by atoms with van der Waals surface area (Å²) in [4.78, 5) is 19.1. The highest BCUT2D eigenvalue weighted by Gasteiger charge is 2.40. The summed E-state index contributed by atoms with van der Waals surface area (Å²) in [6.45, 7) is 4.40. The summed E-state index contributed by atoms with van der Waals surface area (Å²) in [6.07, 6.45) is 4.38. The van der Waals surface area contributed by atoms with E-state index in [4.69, 9.17) is 15.0 Å². The maximum Gasteiger partial charge on any atom is 0.178 e. The molecule has 160 valence electrons. The highest BCUT2D eigenvalue weighted by atomic mass is 15.5. The lowest BCUT2D eigenvalue weighted by atomic mass is 10.0. The van der Waals surface area contributed by atoms with Crippen LogP contribution in [0.15, 0.2) is 79.1 Å². The predicted molar refractivity (Wildman–Crippen MR) is 131 cm³/mol. The van der Waals surface area contributed by atoms with Gasteiger partial charge in [0.1, 0.15) is 12.0 Å². The first-order valence-electron chi connectivity index (χ1n) is 11.3. The summed E-state index contributed by atoms with van der Waals surface area (Å²) in [5.74, 6) is 2.86. The van der Waals surface area contributed by atoms with E-state index in [0.717, 1.165) is 40.6 Å². The highest BCUT2D eigenvalue weighted by molar-refractivity contribution is 5.88. The quantitative estimate of drug-likeness (QED) is 0.355. The Morgan fingerprint density at radius 3 is 2.36 bits per heavy atom. The number of aromatic nitrogens is 4. The van der Waals surface area contributed by atoms with Crippen LogP contribution >= 0.6 is 0 Å². The van der Waals surface area contributed by atoms with E-state index < -0.39 is 0 Å². The molecule has 6 heteroatoms. The summed E-state index contributed by atoms with van der Waals surface area (Å²) >= 11 is 0. The van der Waals surface area contributed by atoms with Gasteiger partial charge >= 0.3 is 0 Å². The summed E-state index contributed by atoms with van der Waals surface area (Å²) in [6, 6.07) is 23.2. The van der Waals surface area contributed by atoms with Crippen LogP contribution in [0.2, 0.25) is 0 Å². The number of imidazole rings is 1. The van der Waals surface area contributed by atoms with Crippen LogP contribution in [0.25, 0.3) is 16.7 Å². The van der Waals surface area contributed by atoms with Gasteiger partial charge in [0, 0.05) is 30.1 Å². The van der Waals surface area contributed by atoms with Crippen molar-refractivity contribution < 1.29 is 0 Å². The summed E-state index contributed by atoms with van der Waals surface area (Å²) in [5.41, 5.74) is 8.23. The Morgan fingerprint density at radius 1 is 0.818 bits per heavy atom. The standard InChI is InChI=1S/C27H22N6/c1-17-12-13-22-20(16-24-30-21-10-6-7-11-23(21)33(22)24)25(17)32-18(2)31(19-8-4-3-5-9-19)26-27(32)29-15-14-28-26/h3-15,18H,16H2,1-2H3/t18-/m0/s1. The maximum absolute atomic E-state index is 4.94. The topological polar surface area (TPSA) is 50.1 Å². The van der Waals surface area contributed by atoms with Crippen LogP contribution in [-0.4, -0.2) is 25.7 Å². The molecule has 0 amide bonds. The Balaban J connectivity index is 1.44. The molecule has 3 aromatic carbocycles. The Morgan fingerprint density at radius 2 is 1.55 bits per heavy atom.